The maximum atomic E-state index is 12.4. The molecule has 4 heterocycles. The Hall–Kier alpha value is -1.50. The molecule has 3 aliphatic rings. The molecule has 3 aliphatic heterocycles. The summed E-state index contributed by atoms with van der Waals surface area (Å²) in [6.45, 7) is 3.26. The number of carbonyl (C=O) groups is 1. The van der Waals surface area contributed by atoms with E-state index in [0.29, 0.717) is 19.2 Å². The standard InChI is InChI=1S/C17H23N3O3/c21-17(20-8-2-10-22-20)16-5-4-14-15(23-16)6-9-19(14)12-13-3-1-7-18-11-13/h1,3,7,11,14-16H,2,4-6,8-10,12H2/t14-,15-,16-/m0/s1. The number of aromatic nitrogens is 1. The fourth-order valence-corrected chi connectivity index (χ4v) is 3.90. The minimum Gasteiger partial charge on any atom is -0.363 e. The van der Waals surface area contributed by atoms with Crippen molar-refractivity contribution in [1.82, 2.24) is 14.9 Å². The Morgan fingerprint density at radius 3 is 3.04 bits per heavy atom. The van der Waals surface area contributed by atoms with Gasteiger partial charge in [0.25, 0.3) is 5.91 Å². The van der Waals surface area contributed by atoms with Gasteiger partial charge in [-0.2, -0.15) is 0 Å². The average molecular weight is 317 g/mol. The van der Waals surface area contributed by atoms with Gasteiger partial charge in [0, 0.05) is 31.5 Å². The predicted octanol–water partition coefficient (Wildman–Crippen LogP) is 1.37. The van der Waals surface area contributed by atoms with Crippen molar-refractivity contribution < 1.29 is 14.4 Å². The Morgan fingerprint density at radius 1 is 1.30 bits per heavy atom. The van der Waals surface area contributed by atoms with Crippen molar-refractivity contribution in [2.24, 2.45) is 0 Å². The number of amides is 1. The molecule has 1 amide bonds. The van der Waals surface area contributed by atoms with Gasteiger partial charge in [0.15, 0.2) is 0 Å². The summed E-state index contributed by atoms with van der Waals surface area (Å²) < 4.78 is 6.12. The molecule has 124 valence electrons. The largest absolute Gasteiger partial charge is 0.363 e. The Bertz CT molecular complexity index is 547. The van der Waals surface area contributed by atoms with Crippen molar-refractivity contribution in [2.45, 2.75) is 50.5 Å². The van der Waals surface area contributed by atoms with Gasteiger partial charge in [-0.05, 0) is 37.3 Å². The zero-order chi connectivity index (χ0) is 15.6. The lowest BCUT2D eigenvalue weighted by molar-refractivity contribution is -0.189. The quantitative estimate of drug-likeness (QED) is 0.843. The van der Waals surface area contributed by atoms with Gasteiger partial charge in [0.1, 0.15) is 6.10 Å². The lowest BCUT2D eigenvalue weighted by atomic mass is 9.98. The van der Waals surface area contributed by atoms with Crippen LogP contribution in [-0.4, -0.2) is 58.8 Å². The first-order valence-electron chi connectivity index (χ1n) is 8.54. The second kappa shape index (κ2) is 6.55. The number of hydroxylamine groups is 2. The summed E-state index contributed by atoms with van der Waals surface area (Å²) in [5, 5.41) is 1.49. The Morgan fingerprint density at radius 2 is 2.26 bits per heavy atom. The maximum absolute atomic E-state index is 12.4. The fourth-order valence-electron chi connectivity index (χ4n) is 3.90. The Kier molecular flexibility index (Phi) is 4.29. The highest BCUT2D eigenvalue weighted by molar-refractivity contribution is 5.80. The van der Waals surface area contributed by atoms with Crippen LogP contribution < -0.4 is 0 Å². The highest BCUT2D eigenvalue weighted by atomic mass is 16.7. The van der Waals surface area contributed by atoms with Crippen LogP contribution in [0.25, 0.3) is 0 Å². The van der Waals surface area contributed by atoms with Crippen LogP contribution in [-0.2, 0) is 20.9 Å². The highest BCUT2D eigenvalue weighted by Gasteiger charge is 2.43. The highest BCUT2D eigenvalue weighted by Crippen LogP contribution is 2.33. The smallest absolute Gasteiger partial charge is 0.275 e. The number of hydrogen-bond donors (Lipinski definition) is 0. The fraction of sp³-hybridized carbons (Fsp3) is 0.647. The zero-order valence-corrected chi connectivity index (χ0v) is 13.3. The molecule has 1 aromatic rings. The van der Waals surface area contributed by atoms with Crippen molar-refractivity contribution in [2.75, 3.05) is 19.7 Å². The number of fused-ring (bicyclic) bond motifs is 1. The summed E-state index contributed by atoms with van der Waals surface area (Å²) in [6, 6.07) is 4.50. The van der Waals surface area contributed by atoms with Gasteiger partial charge >= 0.3 is 0 Å². The SMILES string of the molecule is O=C([C@@H]1CC[C@H]2[C@H](CCN2Cc2cccnc2)O1)N1CCCO1. The van der Waals surface area contributed by atoms with Gasteiger partial charge < -0.3 is 4.74 Å². The van der Waals surface area contributed by atoms with E-state index in [2.05, 4.69) is 16.0 Å². The van der Waals surface area contributed by atoms with Gasteiger partial charge in [-0.1, -0.05) is 6.07 Å². The Balaban J connectivity index is 1.36. The number of pyridine rings is 1. The maximum Gasteiger partial charge on any atom is 0.275 e. The second-order valence-electron chi connectivity index (χ2n) is 6.56. The molecular formula is C17H23N3O3. The molecule has 0 aliphatic carbocycles. The van der Waals surface area contributed by atoms with Crippen molar-refractivity contribution in [1.29, 1.82) is 0 Å². The van der Waals surface area contributed by atoms with Crippen molar-refractivity contribution in [3.05, 3.63) is 30.1 Å². The summed E-state index contributed by atoms with van der Waals surface area (Å²) in [5.41, 5.74) is 1.23. The lowest BCUT2D eigenvalue weighted by Gasteiger charge is -2.36. The van der Waals surface area contributed by atoms with E-state index < -0.39 is 0 Å². The topological polar surface area (TPSA) is 54.9 Å². The Labute approximate surface area is 136 Å². The molecule has 6 nitrogen and oxygen atoms in total. The summed E-state index contributed by atoms with van der Waals surface area (Å²) >= 11 is 0. The van der Waals surface area contributed by atoms with Crippen LogP contribution in [0.5, 0.6) is 0 Å². The van der Waals surface area contributed by atoms with Gasteiger partial charge in [-0.15, -0.1) is 0 Å². The van der Waals surface area contributed by atoms with E-state index >= 15 is 0 Å². The molecule has 3 fully saturated rings. The summed E-state index contributed by atoms with van der Waals surface area (Å²) in [6.07, 6.45) is 7.27. The van der Waals surface area contributed by atoms with E-state index in [9.17, 15) is 4.79 Å². The normalized spacial score (nSPS) is 31.3. The van der Waals surface area contributed by atoms with Gasteiger partial charge in [0.05, 0.1) is 19.3 Å². The van der Waals surface area contributed by atoms with Gasteiger partial charge in [-0.3, -0.25) is 19.5 Å². The van der Waals surface area contributed by atoms with Crippen molar-refractivity contribution >= 4 is 5.91 Å². The molecule has 6 heteroatoms. The first-order chi connectivity index (χ1) is 11.3. The van der Waals surface area contributed by atoms with Crippen molar-refractivity contribution in [3.63, 3.8) is 0 Å². The molecule has 0 saturated carbocycles. The van der Waals surface area contributed by atoms with Gasteiger partial charge in [-0.25, -0.2) is 5.06 Å². The lowest BCUT2D eigenvalue weighted by Crippen LogP contribution is -2.48. The van der Waals surface area contributed by atoms with E-state index in [1.165, 1.54) is 10.6 Å². The van der Waals surface area contributed by atoms with Crippen LogP contribution >= 0.6 is 0 Å². The van der Waals surface area contributed by atoms with E-state index in [4.69, 9.17) is 9.57 Å². The molecule has 0 bridgehead atoms. The van der Waals surface area contributed by atoms with Crippen LogP contribution in [0.15, 0.2) is 24.5 Å². The molecule has 0 N–H and O–H groups in total. The summed E-state index contributed by atoms with van der Waals surface area (Å²) in [5.74, 6) is 0.00617. The molecular weight excluding hydrogens is 294 g/mol. The number of likely N-dealkylation sites (tertiary alicyclic amines) is 1. The van der Waals surface area contributed by atoms with Crippen LogP contribution in [0.2, 0.25) is 0 Å². The first kappa shape index (κ1) is 15.1. The molecule has 23 heavy (non-hydrogen) atoms. The molecule has 1 aromatic heterocycles. The second-order valence-corrected chi connectivity index (χ2v) is 6.56. The van der Waals surface area contributed by atoms with E-state index in [0.717, 1.165) is 38.8 Å². The number of carbonyl (C=O) groups excluding carboxylic acids is 1. The van der Waals surface area contributed by atoms with Crippen molar-refractivity contribution in [3.8, 4) is 0 Å². The minimum atomic E-state index is -0.326. The summed E-state index contributed by atoms with van der Waals surface area (Å²) in [4.78, 5) is 24.4. The number of rotatable bonds is 3. The third-order valence-electron chi connectivity index (χ3n) is 5.05. The van der Waals surface area contributed by atoms with E-state index in [1.54, 1.807) is 6.20 Å². The molecule has 0 unspecified atom stereocenters. The third-order valence-corrected chi connectivity index (χ3v) is 5.05. The molecule has 0 radical (unpaired) electrons. The number of nitrogens with zero attached hydrogens (tertiary/aromatic N) is 3. The van der Waals surface area contributed by atoms with Gasteiger partial charge in [0.2, 0.25) is 0 Å². The summed E-state index contributed by atoms with van der Waals surface area (Å²) in [7, 11) is 0. The first-order valence-corrected chi connectivity index (χ1v) is 8.54. The molecule has 4 rings (SSSR count). The predicted molar refractivity (Wildman–Crippen MR) is 83.2 cm³/mol. The van der Waals surface area contributed by atoms with Crippen LogP contribution in [0, 0.1) is 0 Å². The minimum absolute atomic E-state index is 0.00617. The van der Waals surface area contributed by atoms with Crippen LogP contribution in [0.3, 0.4) is 0 Å². The molecule has 3 atom stereocenters. The molecule has 3 saturated heterocycles. The van der Waals surface area contributed by atoms with E-state index in [1.807, 2.05) is 12.3 Å². The zero-order valence-electron chi connectivity index (χ0n) is 13.3. The van der Waals surface area contributed by atoms with Crippen LogP contribution in [0.4, 0.5) is 0 Å². The molecule has 0 spiro atoms. The van der Waals surface area contributed by atoms with Crippen LogP contribution in [0.1, 0.15) is 31.2 Å². The van der Waals surface area contributed by atoms with E-state index in [-0.39, 0.29) is 18.1 Å². The molecule has 0 aromatic carbocycles. The number of ether oxygens (including phenoxy) is 1. The average Bonchev–Trinajstić information content (AvgIpc) is 3.25. The number of hydrogen-bond acceptors (Lipinski definition) is 5. The third kappa shape index (κ3) is 3.11. The monoisotopic (exact) mass is 317 g/mol.